The fourth-order valence-corrected chi connectivity index (χ4v) is 10.2. The molecule has 4 aliphatic carbocycles. The Bertz CT molecular complexity index is 635. The monoisotopic (exact) mass is 432 g/mol. The summed E-state index contributed by atoms with van der Waals surface area (Å²) in [5.41, 5.74) is 1.24. The summed E-state index contributed by atoms with van der Waals surface area (Å²) >= 11 is 0. The Morgan fingerprint density at radius 1 is 0.645 bits per heavy atom. The minimum atomic E-state index is 0.599. The van der Waals surface area contributed by atoms with Crippen molar-refractivity contribution < 1.29 is 8.97 Å². The number of hydrogen-bond acceptors (Lipinski definition) is 0. The zero-order valence-corrected chi connectivity index (χ0v) is 22.6. The SMILES string of the molecule is CC[N+](C)(CC)C1CCC2(C)C(CCC3C2CCC2(C)C3CCC2[N+](C)(CC)CC)C1. The predicted octanol–water partition coefficient (Wildman–Crippen LogP) is 6.74. The molecule has 8 unspecified atom stereocenters. The smallest absolute Gasteiger partial charge is 0.0945 e. The Kier molecular flexibility index (Phi) is 6.44. The van der Waals surface area contributed by atoms with Gasteiger partial charge in [-0.25, -0.2) is 0 Å². The summed E-state index contributed by atoms with van der Waals surface area (Å²) in [6.07, 6.45) is 13.7. The van der Waals surface area contributed by atoms with Crippen LogP contribution in [-0.4, -0.2) is 61.3 Å². The number of rotatable bonds is 6. The highest BCUT2D eigenvalue weighted by Crippen LogP contribution is 2.67. The van der Waals surface area contributed by atoms with Crippen molar-refractivity contribution in [2.24, 2.45) is 34.5 Å². The van der Waals surface area contributed by atoms with Crippen LogP contribution in [0.25, 0.3) is 0 Å². The van der Waals surface area contributed by atoms with Crippen LogP contribution < -0.4 is 0 Å². The minimum Gasteiger partial charge on any atom is -0.324 e. The lowest BCUT2D eigenvalue weighted by Gasteiger charge is -2.62. The average Bonchev–Trinajstić information content (AvgIpc) is 3.15. The quantitative estimate of drug-likeness (QED) is 0.408. The fourth-order valence-electron chi connectivity index (χ4n) is 10.2. The molecule has 0 spiro atoms. The van der Waals surface area contributed by atoms with E-state index in [9.17, 15) is 0 Å². The number of nitrogens with zero attached hydrogens (tertiary/aromatic N) is 2. The Labute approximate surface area is 195 Å². The molecular formula is C29H56N2+2. The maximum absolute atomic E-state index is 2.76. The van der Waals surface area contributed by atoms with Crippen LogP contribution >= 0.6 is 0 Å². The predicted molar refractivity (Wildman–Crippen MR) is 134 cm³/mol. The van der Waals surface area contributed by atoms with Crippen LogP contribution in [0.4, 0.5) is 0 Å². The summed E-state index contributed by atoms with van der Waals surface area (Å²) in [4.78, 5) is 0. The zero-order chi connectivity index (χ0) is 22.7. The maximum Gasteiger partial charge on any atom is 0.0945 e. The van der Waals surface area contributed by atoms with E-state index in [2.05, 4.69) is 55.6 Å². The van der Waals surface area contributed by atoms with Gasteiger partial charge in [-0.1, -0.05) is 13.8 Å². The number of quaternary nitrogens is 2. The first-order valence-corrected chi connectivity index (χ1v) is 14.3. The highest BCUT2D eigenvalue weighted by molar-refractivity contribution is 5.10. The first-order chi connectivity index (χ1) is 14.6. The lowest BCUT2D eigenvalue weighted by atomic mass is 9.44. The van der Waals surface area contributed by atoms with Crippen molar-refractivity contribution in [1.29, 1.82) is 0 Å². The summed E-state index contributed by atoms with van der Waals surface area (Å²) in [5.74, 6) is 4.06. The summed E-state index contributed by atoms with van der Waals surface area (Å²) in [6, 6.07) is 1.82. The minimum absolute atomic E-state index is 0.599. The first kappa shape index (κ1) is 24.1. The number of fused-ring (bicyclic) bond motifs is 5. The van der Waals surface area contributed by atoms with E-state index in [0.717, 1.165) is 35.8 Å². The van der Waals surface area contributed by atoms with E-state index in [1.54, 1.807) is 6.42 Å². The van der Waals surface area contributed by atoms with Crippen molar-refractivity contribution in [3.63, 3.8) is 0 Å². The van der Waals surface area contributed by atoms with Crippen molar-refractivity contribution >= 4 is 0 Å². The highest BCUT2D eigenvalue weighted by Gasteiger charge is 2.63. The van der Waals surface area contributed by atoms with Crippen molar-refractivity contribution in [2.45, 2.75) is 111 Å². The number of hydrogen-bond donors (Lipinski definition) is 0. The van der Waals surface area contributed by atoms with Crippen LogP contribution in [0.3, 0.4) is 0 Å². The Hall–Kier alpha value is -0.0800. The van der Waals surface area contributed by atoms with Gasteiger partial charge in [0.2, 0.25) is 0 Å². The fraction of sp³-hybridized carbons (Fsp3) is 1.00. The molecule has 4 aliphatic rings. The second-order valence-electron chi connectivity index (χ2n) is 13.4. The van der Waals surface area contributed by atoms with E-state index < -0.39 is 0 Å². The molecule has 4 fully saturated rings. The van der Waals surface area contributed by atoms with Crippen LogP contribution in [0.1, 0.15) is 99.3 Å². The third kappa shape index (κ3) is 3.48. The molecule has 0 aromatic carbocycles. The molecule has 0 aromatic rings. The van der Waals surface area contributed by atoms with Crippen LogP contribution in [0, 0.1) is 34.5 Å². The average molecular weight is 433 g/mol. The van der Waals surface area contributed by atoms with Crippen LogP contribution in [0.2, 0.25) is 0 Å². The molecule has 0 bridgehead atoms. The van der Waals surface area contributed by atoms with Gasteiger partial charge in [-0.05, 0) is 102 Å². The van der Waals surface area contributed by atoms with Gasteiger partial charge in [0, 0.05) is 18.3 Å². The van der Waals surface area contributed by atoms with Crippen molar-refractivity contribution in [3.8, 4) is 0 Å². The molecule has 31 heavy (non-hydrogen) atoms. The molecule has 8 atom stereocenters. The van der Waals surface area contributed by atoms with Gasteiger partial charge in [-0.15, -0.1) is 0 Å². The van der Waals surface area contributed by atoms with Crippen LogP contribution in [-0.2, 0) is 0 Å². The summed E-state index contributed by atoms with van der Waals surface area (Å²) in [6.45, 7) is 20.5. The molecule has 4 saturated carbocycles. The molecule has 0 saturated heterocycles. The molecule has 0 radical (unpaired) electrons. The topological polar surface area (TPSA) is 0 Å². The molecule has 0 N–H and O–H groups in total. The Balaban J connectivity index is 1.54. The van der Waals surface area contributed by atoms with Crippen LogP contribution in [0.5, 0.6) is 0 Å². The summed E-state index contributed by atoms with van der Waals surface area (Å²) in [5, 5.41) is 0. The van der Waals surface area contributed by atoms with E-state index in [1.807, 2.05) is 0 Å². The van der Waals surface area contributed by atoms with Gasteiger partial charge >= 0.3 is 0 Å². The zero-order valence-electron chi connectivity index (χ0n) is 22.6. The van der Waals surface area contributed by atoms with Gasteiger partial charge < -0.3 is 8.97 Å². The standard InChI is InChI=1S/C29H56N2/c1-9-30(7,10-2)23-17-19-28(5)22(21-23)13-14-24-25-15-16-27(31(8,11-3)12-4)29(25,6)20-18-26(24)28/h22-27H,9-21H2,1-8H3/q+2. The summed E-state index contributed by atoms with van der Waals surface area (Å²) < 4.78 is 2.63. The van der Waals surface area contributed by atoms with E-state index in [-0.39, 0.29) is 0 Å². The van der Waals surface area contributed by atoms with Gasteiger partial charge in [0.1, 0.15) is 0 Å². The van der Waals surface area contributed by atoms with Gasteiger partial charge in [0.05, 0.1) is 52.4 Å². The molecule has 4 rings (SSSR count). The normalized spacial score (nSPS) is 45.7. The Morgan fingerprint density at radius 3 is 1.84 bits per heavy atom. The summed E-state index contributed by atoms with van der Waals surface area (Å²) in [7, 11) is 5.11. The van der Waals surface area contributed by atoms with E-state index in [1.165, 1.54) is 86.5 Å². The first-order valence-electron chi connectivity index (χ1n) is 14.3. The highest BCUT2D eigenvalue weighted by atomic mass is 15.4. The van der Waals surface area contributed by atoms with Crippen LogP contribution in [0.15, 0.2) is 0 Å². The lowest BCUT2D eigenvalue weighted by Crippen LogP contribution is -2.62. The largest absolute Gasteiger partial charge is 0.324 e. The van der Waals surface area contributed by atoms with Gasteiger partial charge in [-0.3, -0.25) is 0 Å². The molecule has 0 aromatic heterocycles. The third-order valence-corrected chi connectivity index (χ3v) is 13.1. The van der Waals surface area contributed by atoms with Crippen molar-refractivity contribution in [1.82, 2.24) is 0 Å². The molecule has 2 heteroatoms. The van der Waals surface area contributed by atoms with Crippen molar-refractivity contribution in [3.05, 3.63) is 0 Å². The maximum atomic E-state index is 2.76. The molecule has 0 aliphatic heterocycles. The Morgan fingerprint density at radius 2 is 1.23 bits per heavy atom. The molecule has 0 amide bonds. The molecule has 0 heterocycles. The van der Waals surface area contributed by atoms with Gasteiger partial charge in [0.15, 0.2) is 0 Å². The van der Waals surface area contributed by atoms with E-state index in [4.69, 9.17) is 0 Å². The third-order valence-electron chi connectivity index (χ3n) is 13.1. The second-order valence-corrected chi connectivity index (χ2v) is 13.4. The molecule has 180 valence electrons. The van der Waals surface area contributed by atoms with Crippen molar-refractivity contribution in [2.75, 3.05) is 40.3 Å². The van der Waals surface area contributed by atoms with Gasteiger partial charge in [-0.2, -0.15) is 0 Å². The van der Waals surface area contributed by atoms with E-state index >= 15 is 0 Å². The van der Waals surface area contributed by atoms with E-state index in [0.29, 0.717) is 10.8 Å². The lowest BCUT2D eigenvalue weighted by molar-refractivity contribution is -0.936. The van der Waals surface area contributed by atoms with Gasteiger partial charge in [0.25, 0.3) is 0 Å². The second kappa shape index (κ2) is 8.30. The molecule has 2 nitrogen and oxygen atoms in total. The molecular weight excluding hydrogens is 376 g/mol.